The number of aliphatic hydroxyl groups is 1. The van der Waals surface area contributed by atoms with Crippen LogP contribution in [0.25, 0.3) is 0 Å². The van der Waals surface area contributed by atoms with Gasteiger partial charge in [0.1, 0.15) is 12.3 Å². The minimum atomic E-state index is -0.723. The normalized spacial score (nSPS) is 24.2. The summed E-state index contributed by atoms with van der Waals surface area (Å²) in [6.07, 6.45) is 0.323. The van der Waals surface area contributed by atoms with Gasteiger partial charge in [-0.3, -0.25) is 4.79 Å². The minimum absolute atomic E-state index is 0.0592. The molecule has 0 unspecified atom stereocenters. The highest BCUT2D eigenvalue weighted by molar-refractivity contribution is 5.86. The van der Waals surface area contributed by atoms with Crippen LogP contribution in [0.15, 0.2) is 0 Å². The van der Waals surface area contributed by atoms with Gasteiger partial charge in [-0.2, -0.15) is 0 Å². The maximum atomic E-state index is 11.6. The number of amides is 1. The molecule has 1 heterocycles. The summed E-state index contributed by atoms with van der Waals surface area (Å²) in [5, 5.41) is 9.42. The fourth-order valence-electron chi connectivity index (χ4n) is 1.77. The van der Waals surface area contributed by atoms with E-state index in [9.17, 15) is 19.5 Å². The van der Waals surface area contributed by atoms with Crippen LogP contribution in [0.1, 0.15) is 19.3 Å². The van der Waals surface area contributed by atoms with Crippen molar-refractivity contribution in [2.75, 3.05) is 13.7 Å². The van der Waals surface area contributed by atoms with E-state index in [2.05, 4.69) is 4.74 Å². The van der Waals surface area contributed by atoms with E-state index in [1.54, 1.807) is 0 Å². The summed E-state index contributed by atoms with van der Waals surface area (Å²) >= 11 is 0. The van der Waals surface area contributed by atoms with E-state index in [1.165, 1.54) is 12.0 Å². The Morgan fingerprint density at radius 2 is 2.25 bits per heavy atom. The van der Waals surface area contributed by atoms with E-state index in [4.69, 9.17) is 0 Å². The SMILES string of the molecule is COC(=O)[C@@H]1C[C@H](O)CN1C(=O)CCC=O. The van der Waals surface area contributed by atoms with Gasteiger partial charge in [-0.15, -0.1) is 0 Å². The number of nitrogens with zero attached hydrogens (tertiary/aromatic N) is 1. The van der Waals surface area contributed by atoms with Gasteiger partial charge < -0.3 is 19.5 Å². The highest BCUT2D eigenvalue weighted by Gasteiger charge is 2.39. The number of hydrogen-bond donors (Lipinski definition) is 1. The maximum Gasteiger partial charge on any atom is 0.328 e. The zero-order valence-electron chi connectivity index (χ0n) is 9.09. The Bertz CT molecular complexity index is 291. The second-order valence-corrected chi connectivity index (χ2v) is 3.68. The molecule has 0 radical (unpaired) electrons. The molecule has 1 N–H and O–H groups in total. The summed E-state index contributed by atoms with van der Waals surface area (Å²) in [6, 6.07) is -0.723. The van der Waals surface area contributed by atoms with Crippen LogP contribution in [0, 0.1) is 0 Å². The van der Waals surface area contributed by atoms with Gasteiger partial charge in [0, 0.05) is 25.8 Å². The molecule has 0 aromatic rings. The van der Waals surface area contributed by atoms with E-state index < -0.39 is 18.1 Å². The lowest BCUT2D eigenvalue weighted by atomic mass is 10.2. The number of hydrogen-bond acceptors (Lipinski definition) is 5. The van der Waals surface area contributed by atoms with Crippen molar-refractivity contribution in [3.8, 4) is 0 Å². The van der Waals surface area contributed by atoms with Gasteiger partial charge in [0.15, 0.2) is 0 Å². The number of carbonyl (C=O) groups excluding carboxylic acids is 3. The summed E-state index contributed by atoms with van der Waals surface area (Å²) < 4.78 is 4.55. The number of likely N-dealkylation sites (tertiary alicyclic amines) is 1. The lowest BCUT2D eigenvalue weighted by Gasteiger charge is -2.21. The predicted octanol–water partition coefficient (Wildman–Crippen LogP) is -0.900. The monoisotopic (exact) mass is 229 g/mol. The number of β-amino-alcohol motifs (C(OH)–C–C–N with tert-alkyl or cyclic N) is 1. The zero-order valence-corrected chi connectivity index (χ0v) is 9.09. The molecule has 1 amide bonds. The molecule has 1 rings (SSSR count). The van der Waals surface area contributed by atoms with Gasteiger partial charge >= 0.3 is 5.97 Å². The zero-order chi connectivity index (χ0) is 12.1. The van der Waals surface area contributed by atoms with Gasteiger partial charge in [-0.05, 0) is 0 Å². The molecule has 6 nitrogen and oxygen atoms in total. The molecule has 0 aliphatic carbocycles. The Kier molecular flexibility index (Phi) is 4.42. The average Bonchev–Trinajstić information content (AvgIpc) is 2.67. The van der Waals surface area contributed by atoms with Crippen molar-refractivity contribution < 1.29 is 24.2 Å². The smallest absolute Gasteiger partial charge is 0.328 e. The molecule has 0 saturated carbocycles. The van der Waals surface area contributed by atoms with E-state index in [-0.39, 0.29) is 31.7 Å². The van der Waals surface area contributed by atoms with Crippen LogP contribution in [-0.4, -0.2) is 54.0 Å². The lowest BCUT2D eigenvalue weighted by molar-refractivity contribution is -0.151. The minimum Gasteiger partial charge on any atom is -0.467 e. The van der Waals surface area contributed by atoms with E-state index in [0.717, 1.165) is 0 Å². The molecule has 0 bridgehead atoms. The first-order chi connectivity index (χ1) is 7.60. The second-order valence-electron chi connectivity index (χ2n) is 3.68. The number of rotatable bonds is 4. The molecule has 2 atom stereocenters. The van der Waals surface area contributed by atoms with E-state index in [1.807, 2.05) is 0 Å². The van der Waals surface area contributed by atoms with Crippen LogP contribution in [-0.2, 0) is 19.1 Å². The van der Waals surface area contributed by atoms with Crippen LogP contribution in [0.4, 0.5) is 0 Å². The highest BCUT2D eigenvalue weighted by Crippen LogP contribution is 2.20. The summed E-state index contributed by atoms with van der Waals surface area (Å²) in [7, 11) is 1.24. The van der Waals surface area contributed by atoms with Crippen LogP contribution in [0.3, 0.4) is 0 Å². The van der Waals surface area contributed by atoms with Gasteiger partial charge in [-0.25, -0.2) is 4.79 Å². The Morgan fingerprint density at radius 3 is 2.81 bits per heavy atom. The first-order valence-electron chi connectivity index (χ1n) is 5.09. The first kappa shape index (κ1) is 12.6. The van der Waals surface area contributed by atoms with Crippen LogP contribution < -0.4 is 0 Å². The second kappa shape index (κ2) is 5.60. The molecule has 1 aliphatic rings. The van der Waals surface area contributed by atoms with E-state index >= 15 is 0 Å². The van der Waals surface area contributed by atoms with Crippen LogP contribution in [0.5, 0.6) is 0 Å². The lowest BCUT2D eigenvalue weighted by Crippen LogP contribution is -2.41. The molecule has 90 valence electrons. The fourth-order valence-corrected chi connectivity index (χ4v) is 1.77. The van der Waals surface area contributed by atoms with Crippen molar-refractivity contribution in [1.29, 1.82) is 0 Å². The fraction of sp³-hybridized carbons (Fsp3) is 0.700. The summed E-state index contributed by atoms with van der Waals surface area (Å²) in [6.45, 7) is 0.122. The van der Waals surface area contributed by atoms with Crippen molar-refractivity contribution in [1.82, 2.24) is 4.90 Å². The molecule has 1 aliphatic heterocycles. The van der Waals surface area contributed by atoms with Gasteiger partial charge in [-0.1, -0.05) is 0 Å². The summed E-state index contributed by atoms with van der Waals surface area (Å²) in [4.78, 5) is 34.4. The Labute approximate surface area is 93.2 Å². The largest absolute Gasteiger partial charge is 0.467 e. The van der Waals surface area contributed by atoms with Crippen molar-refractivity contribution in [3.63, 3.8) is 0 Å². The number of ether oxygens (including phenoxy) is 1. The molecule has 1 fully saturated rings. The summed E-state index contributed by atoms with van der Waals surface area (Å²) in [5.74, 6) is -0.838. The Morgan fingerprint density at radius 1 is 1.56 bits per heavy atom. The third kappa shape index (κ3) is 2.79. The van der Waals surface area contributed by atoms with Crippen molar-refractivity contribution in [2.45, 2.75) is 31.4 Å². The highest BCUT2D eigenvalue weighted by atomic mass is 16.5. The maximum absolute atomic E-state index is 11.6. The summed E-state index contributed by atoms with van der Waals surface area (Å²) in [5.41, 5.74) is 0. The molecule has 0 spiro atoms. The molecular weight excluding hydrogens is 214 g/mol. The molecule has 0 aromatic heterocycles. The first-order valence-corrected chi connectivity index (χ1v) is 5.09. The van der Waals surface area contributed by atoms with Gasteiger partial charge in [0.05, 0.1) is 13.2 Å². The predicted molar refractivity (Wildman–Crippen MR) is 53.4 cm³/mol. The number of methoxy groups -OCH3 is 1. The molecular formula is C10H15NO5. The quantitative estimate of drug-likeness (QED) is 0.499. The number of aliphatic hydroxyl groups excluding tert-OH is 1. The van der Waals surface area contributed by atoms with E-state index in [0.29, 0.717) is 6.29 Å². The number of aldehydes is 1. The number of carbonyl (C=O) groups is 3. The van der Waals surface area contributed by atoms with Crippen molar-refractivity contribution >= 4 is 18.2 Å². The molecule has 16 heavy (non-hydrogen) atoms. The van der Waals surface area contributed by atoms with Crippen molar-refractivity contribution in [3.05, 3.63) is 0 Å². The van der Waals surface area contributed by atoms with Gasteiger partial charge in [0.25, 0.3) is 0 Å². The van der Waals surface area contributed by atoms with Crippen molar-refractivity contribution in [2.24, 2.45) is 0 Å². The molecule has 6 heteroatoms. The standard InChI is InChI=1S/C10H15NO5/c1-16-10(15)8-5-7(13)6-11(8)9(14)3-2-4-12/h4,7-8,13H,2-3,5-6H2,1H3/t7-,8-/m0/s1. The Hall–Kier alpha value is -1.43. The topological polar surface area (TPSA) is 83.9 Å². The molecule has 1 saturated heterocycles. The average molecular weight is 229 g/mol. The third-order valence-corrected chi connectivity index (χ3v) is 2.55. The van der Waals surface area contributed by atoms with Gasteiger partial charge in [0.2, 0.25) is 5.91 Å². The third-order valence-electron chi connectivity index (χ3n) is 2.55. The number of esters is 1. The Balaban J connectivity index is 2.65. The van der Waals surface area contributed by atoms with Crippen LogP contribution in [0.2, 0.25) is 0 Å². The van der Waals surface area contributed by atoms with Crippen LogP contribution >= 0.6 is 0 Å². The molecule has 0 aromatic carbocycles.